The van der Waals surface area contributed by atoms with Crippen LogP contribution in [0.1, 0.15) is 55.0 Å². The molecule has 1 amide bonds. The van der Waals surface area contributed by atoms with Gasteiger partial charge < -0.3 is 10.2 Å². The van der Waals surface area contributed by atoms with Crippen molar-refractivity contribution in [1.82, 2.24) is 20.0 Å². The van der Waals surface area contributed by atoms with E-state index in [0.29, 0.717) is 10.7 Å². The van der Waals surface area contributed by atoms with Crippen LogP contribution < -0.4 is 5.32 Å². The average Bonchev–Trinajstić information content (AvgIpc) is 2.94. The first kappa shape index (κ1) is 20.5. The van der Waals surface area contributed by atoms with Gasteiger partial charge in [0.15, 0.2) is 0 Å². The van der Waals surface area contributed by atoms with E-state index in [1.54, 1.807) is 11.7 Å². The van der Waals surface area contributed by atoms with Crippen molar-refractivity contribution in [3.05, 3.63) is 52.3 Å². The van der Waals surface area contributed by atoms with Gasteiger partial charge in [0.05, 0.1) is 11.7 Å². The molecular formula is C20H29ClN4O. The van der Waals surface area contributed by atoms with Gasteiger partial charge in [-0.3, -0.25) is 9.48 Å². The first-order valence-corrected chi connectivity index (χ1v) is 9.21. The van der Waals surface area contributed by atoms with Crippen molar-refractivity contribution >= 4 is 17.5 Å². The third-order valence-corrected chi connectivity index (χ3v) is 4.58. The lowest BCUT2D eigenvalue weighted by molar-refractivity contribution is 0.0923. The number of carbonyl (C=O) groups excluding carboxylic acids is 1. The second-order valence-corrected chi connectivity index (χ2v) is 8.39. The molecule has 0 fully saturated rings. The molecule has 1 aromatic heterocycles. The summed E-state index contributed by atoms with van der Waals surface area (Å²) < 4.78 is 1.65. The second kappa shape index (κ2) is 8.23. The topological polar surface area (TPSA) is 50.2 Å². The molecule has 0 bridgehead atoms. The standard InChI is InChI=1S/C20H29ClN4O/c1-20(2,3)18-13-17(25(6)23-18)19(26)22-16(11-12-24(4)5)14-7-9-15(21)10-8-14/h7-10,13,16H,11-12H2,1-6H3,(H,22,26). The van der Waals surface area contributed by atoms with Gasteiger partial charge in [-0.05, 0) is 50.8 Å². The molecule has 1 unspecified atom stereocenters. The van der Waals surface area contributed by atoms with Crippen LogP contribution in [0.25, 0.3) is 0 Å². The number of aromatic nitrogens is 2. The molecule has 0 saturated heterocycles. The third-order valence-electron chi connectivity index (χ3n) is 4.32. The van der Waals surface area contributed by atoms with Crippen molar-refractivity contribution in [2.75, 3.05) is 20.6 Å². The van der Waals surface area contributed by atoms with Crippen molar-refractivity contribution in [2.45, 2.75) is 38.6 Å². The zero-order chi connectivity index (χ0) is 19.5. The van der Waals surface area contributed by atoms with Crippen LogP contribution in [0.2, 0.25) is 5.02 Å². The van der Waals surface area contributed by atoms with Crippen LogP contribution >= 0.6 is 11.6 Å². The number of hydrogen-bond donors (Lipinski definition) is 1. The summed E-state index contributed by atoms with van der Waals surface area (Å²) in [4.78, 5) is 15.0. The summed E-state index contributed by atoms with van der Waals surface area (Å²) in [5, 5.41) is 8.35. The summed E-state index contributed by atoms with van der Waals surface area (Å²) in [6.45, 7) is 7.13. The molecular weight excluding hydrogens is 348 g/mol. The summed E-state index contributed by atoms with van der Waals surface area (Å²) in [5.74, 6) is -0.116. The molecule has 1 heterocycles. The first-order chi connectivity index (χ1) is 12.1. The Labute approximate surface area is 161 Å². The number of nitrogens with zero attached hydrogens (tertiary/aromatic N) is 3. The minimum atomic E-state index is -0.116. The molecule has 0 radical (unpaired) electrons. The van der Waals surface area contributed by atoms with E-state index in [0.717, 1.165) is 24.2 Å². The van der Waals surface area contributed by atoms with Crippen molar-refractivity contribution < 1.29 is 4.79 Å². The lowest BCUT2D eigenvalue weighted by Crippen LogP contribution is -2.32. The van der Waals surface area contributed by atoms with Gasteiger partial charge in [-0.25, -0.2) is 0 Å². The molecule has 142 valence electrons. The van der Waals surface area contributed by atoms with E-state index in [-0.39, 0.29) is 17.4 Å². The Balaban J connectivity index is 2.23. The molecule has 5 nitrogen and oxygen atoms in total. The maximum atomic E-state index is 12.9. The van der Waals surface area contributed by atoms with Crippen LogP contribution in [-0.4, -0.2) is 41.2 Å². The molecule has 1 atom stereocenters. The van der Waals surface area contributed by atoms with Crippen LogP contribution in [0.4, 0.5) is 0 Å². The molecule has 6 heteroatoms. The fourth-order valence-corrected chi connectivity index (χ4v) is 2.81. The van der Waals surface area contributed by atoms with Crippen LogP contribution in [-0.2, 0) is 12.5 Å². The molecule has 1 aromatic carbocycles. The minimum Gasteiger partial charge on any atom is -0.344 e. The number of amides is 1. The van der Waals surface area contributed by atoms with Gasteiger partial charge in [0.2, 0.25) is 0 Å². The lowest BCUT2D eigenvalue weighted by atomic mass is 9.92. The smallest absolute Gasteiger partial charge is 0.270 e. The van der Waals surface area contributed by atoms with Crippen molar-refractivity contribution in [3.63, 3.8) is 0 Å². The van der Waals surface area contributed by atoms with E-state index in [2.05, 4.69) is 36.1 Å². The molecule has 0 saturated carbocycles. The van der Waals surface area contributed by atoms with Gasteiger partial charge in [-0.2, -0.15) is 5.10 Å². The zero-order valence-electron chi connectivity index (χ0n) is 16.5. The Kier molecular flexibility index (Phi) is 6.48. The largest absolute Gasteiger partial charge is 0.344 e. The van der Waals surface area contributed by atoms with Crippen LogP contribution in [0.3, 0.4) is 0 Å². The summed E-state index contributed by atoms with van der Waals surface area (Å²) >= 11 is 6.00. The number of nitrogens with one attached hydrogen (secondary N) is 1. The van der Waals surface area contributed by atoms with Gasteiger partial charge in [0, 0.05) is 17.5 Å². The number of halogens is 1. The number of carbonyl (C=O) groups is 1. The molecule has 0 aliphatic heterocycles. The van der Waals surface area contributed by atoms with Crippen molar-refractivity contribution in [1.29, 1.82) is 0 Å². The van der Waals surface area contributed by atoms with E-state index in [1.165, 1.54) is 0 Å². The van der Waals surface area contributed by atoms with Crippen LogP contribution in [0.5, 0.6) is 0 Å². The number of hydrogen-bond acceptors (Lipinski definition) is 3. The summed E-state index contributed by atoms with van der Waals surface area (Å²) in [7, 11) is 5.86. The highest BCUT2D eigenvalue weighted by molar-refractivity contribution is 6.30. The average molecular weight is 377 g/mol. The highest BCUT2D eigenvalue weighted by Crippen LogP contribution is 2.23. The second-order valence-electron chi connectivity index (χ2n) is 7.96. The quantitative estimate of drug-likeness (QED) is 0.834. The van der Waals surface area contributed by atoms with Gasteiger partial charge in [0.25, 0.3) is 5.91 Å². The Morgan fingerprint density at radius 3 is 2.38 bits per heavy atom. The Morgan fingerprint density at radius 1 is 1.27 bits per heavy atom. The molecule has 0 aliphatic rings. The molecule has 2 aromatic rings. The number of benzene rings is 1. The molecule has 2 rings (SSSR count). The molecule has 26 heavy (non-hydrogen) atoms. The van der Waals surface area contributed by atoms with Gasteiger partial charge in [-0.1, -0.05) is 44.5 Å². The van der Waals surface area contributed by atoms with Crippen molar-refractivity contribution in [2.24, 2.45) is 7.05 Å². The normalized spacial score (nSPS) is 13.1. The Bertz CT molecular complexity index is 744. The Hall–Kier alpha value is -1.85. The summed E-state index contributed by atoms with van der Waals surface area (Å²) in [6.07, 6.45) is 0.810. The van der Waals surface area contributed by atoms with Crippen molar-refractivity contribution in [3.8, 4) is 0 Å². The molecule has 1 N–H and O–H groups in total. The van der Waals surface area contributed by atoms with E-state index < -0.39 is 0 Å². The molecule has 0 spiro atoms. The third kappa shape index (κ3) is 5.32. The van der Waals surface area contributed by atoms with Gasteiger partial charge in [0.1, 0.15) is 5.69 Å². The van der Waals surface area contributed by atoms with E-state index >= 15 is 0 Å². The summed E-state index contributed by atoms with van der Waals surface area (Å²) in [5.41, 5.74) is 2.42. The maximum Gasteiger partial charge on any atom is 0.270 e. The first-order valence-electron chi connectivity index (χ1n) is 8.83. The highest BCUT2D eigenvalue weighted by Gasteiger charge is 2.23. The van der Waals surface area contributed by atoms with E-state index in [9.17, 15) is 4.79 Å². The van der Waals surface area contributed by atoms with E-state index in [4.69, 9.17) is 11.6 Å². The van der Waals surface area contributed by atoms with Gasteiger partial charge in [-0.15, -0.1) is 0 Å². The maximum absolute atomic E-state index is 12.9. The van der Waals surface area contributed by atoms with E-state index in [1.807, 2.05) is 44.4 Å². The number of rotatable bonds is 6. The fraction of sp³-hybridized carbons (Fsp3) is 0.500. The van der Waals surface area contributed by atoms with Crippen LogP contribution in [0, 0.1) is 0 Å². The van der Waals surface area contributed by atoms with Crippen LogP contribution in [0.15, 0.2) is 30.3 Å². The zero-order valence-corrected chi connectivity index (χ0v) is 17.3. The predicted octanol–water partition coefficient (Wildman–Crippen LogP) is 3.79. The number of aryl methyl sites for hydroxylation is 1. The lowest BCUT2D eigenvalue weighted by Gasteiger charge is -2.21. The molecule has 0 aliphatic carbocycles. The SMILES string of the molecule is CN(C)CCC(NC(=O)c1cc(C(C)(C)C)nn1C)c1ccc(Cl)cc1. The summed E-state index contributed by atoms with van der Waals surface area (Å²) in [6, 6.07) is 9.43. The monoisotopic (exact) mass is 376 g/mol. The highest BCUT2D eigenvalue weighted by atomic mass is 35.5. The fourth-order valence-electron chi connectivity index (χ4n) is 2.68. The van der Waals surface area contributed by atoms with Gasteiger partial charge >= 0.3 is 0 Å². The minimum absolute atomic E-state index is 0.0878. The Morgan fingerprint density at radius 2 is 1.88 bits per heavy atom. The predicted molar refractivity (Wildman–Crippen MR) is 107 cm³/mol.